The number of rotatable bonds is 4. The summed E-state index contributed by atoms with van der Waals surface area (Å²) in [4.78, 5) is 12.0. The molecule has 0 saturated carbocycles. The van der Waals surface area contributed by atoms with Gasteiger partial charge in [0.1, 0.15) is 0 Å². The fraction of sp³-hybridized carbons (Fsp3) is 0.562. The zero-order valence-corrected chi connectivity index (χ0v) is 12.7. The molecular formula is C16H24N2O2. The highest BCUT2D eigenvalue weighted by molar-refractivity contribution is 5.75. The monoisotopic (exact) mass is 276 g/mol. The van der Waals surface area contributed by atoms with Crippen molar-refractivity contribution in [2.45, 2.75) is 44.8 Å². The number of fused-ring (bicyclic) bond motifs is 1. The maximum Gasteiger partial charge on any atom is 0.315 e. The van der Waals surface area contributed by atoms with Gasteiger partial charge < -0.3 is 15.4 Å². The van der Waals surface area contributed by atoms with E-state index in [0.717, 1.165) is 12.8 Å². The number of hydrogen-bond acceptors (Lipinski definition) is 2. The average Bonchev–Trinajstić information content (AvgIpc) is 2.72. The summed E-state index contributed by atoms with van der Waals surface area (Å²) < 4.78 is 5.29. The van der Waals surface area contributed by atoms with Crippen molar-refractivity contribution in [1.82, 2.24) is 10.6 Å². The van der Waals surface area contributed by atoms with E-state index in [1.807, 2.05) is 26.0 Å². The van der Waals surface area contributed by atoms with Crippen LogP contribution in [0.3, 0.4) is 0 Å². The summed E-state index contributed by atoms with van der Waals surface area (Å²) >= 11 is 0. The zero-order valence-electron chi connectivity index (χ0n) is 12.7. The topological polar surface area (TPSA) is 50.4 Å². The smallest absolute Gasteiger partial charge is 0.315 e. The predicted molar refractivity (Wildman–Crippen MR) is 79.9 cm³/mol. The van der Waals surface area contributed by atoms with Crippen molar-refractivity contribution in [3.8, 4) is 0 Å². The van der Waals surface area contributed by atoms with E-state index in [4.69, 9.17) is 4.74 Å². The molecule has 0 atom stereocenters. The Kier molecular flexibility index (Phi) is 4.04. The highest BCUT2D eigenvalue weighted by Gasteiger charge is 2.34. The van der Waals surface area contributed by atoms with Crippen molar-refractivity contribution in [3.05, 3.63) is 35.4 Å². The number of hydrogen-bond donors (Lipinski definition) is 2. The second-order valence-electron chi connectivity index (χ2n) is 6.45. The van der Waals surface area contributed by atoms with E-state index in [9.17, 15) is 4.79 Å². The van der Waals surface area contributed by atoms with Crippen molar-refractivity contribution in [2.75, 3.05) is 13.7 Å². The molecule has 0 bridgehead atoms. The van der Waals surface area contributed by atoms with Gasteiger partial charge in [0.25, 0.3) is 0 Å². The standard InChI is InChI=1S/C16H24N2O2/c1-15(2,20-4)11-17-14(19)18-16(3)9-12-7-5-6-8-13(12)10-16/h5-8H,9-11H2,1-4H3,(H2,17,18,19). The largest absolute Gasteiger partial charge is 0.377 e. The maximum atomic E-state index is 12.0. The Balaban J connectivity index is 1.90. The Hall–Kier alpha value is -1.55. The van der Waals surface area contributed by atoms with Crippen LogP contribution in [0, 0.1) is 0 Å². The van der Waals surface area contributed by atoms with Crippen molar-refractivity contribution in [1.29, 1.82) is 0 Å². The van der Waals surface area contributed by atoms with E-state index in [1.54, 1.807) is 7.11 Å². The lowest BCUT2D eigenvalue weighted by Crippen LogP contribution is -2.53. The molecule has 2 rings (SSSR count). The minimum atomic E-state index is -0.350. The van der Waals surface area contributed by atoms with Gasteiger partial charge in [0.15, 0.2) is 0 Å². The third-order valence-corrected chi connectivity index (χ3v) is 3.92. The van der Waals surface area contributed by atoms with Gasteiger partial charge >= 0.3 is 6.03 Å². The number of amides is 2. The molecule has 0 radical (unpaired) electrons. The molecule has 2 amide bonds. The van der Waals surface area contributed by atoms with Crippen LogP contribution in [0.15, 0.2) is 24.3 Å². The molecule has 0 fully saturated rings. The highest BCUT2D eigenvalue weighted by Crippen LogP contribution is 2.29. The molecule has 0 unspecified atom stereocenters. The van der Waals surface area contributed by atoms with Gasteiger partial charge in [-0.05, 0) is 44.7 Å². The summed E-state index contributed by atoms with van der Waals surface area (Å²) in [6.45, 7) is 6.47. The first-order valence-electron chi connectivity index (χ1n) is 7.02. The van der Waals surface area contributed by atoms with Crippen LogP contribution in [-0.4, -0.2) is 30.8 Å². The number of nitrogens with one attached hydrogen (secondary N) is 2. The summed E-state index contributed by atoms with van der Waals surface area (Å²) in [7, 11) is 1.65. The minimum Gasteiger partial charge on any atom is -0.377 e. The number of ether oxygens (including phenoxy) is 1. The van der Waals surface area contributed by atoms with Gasteiger partial charge in [0.05, 0.1) is 5.60 Å². The first-order chi connectivity index (χ1) is 9.34. The molecular weight excluding hydrogens is 252 g/mol. The van der Waals surface area contributed by atoms with E-state index in [0.29, 0.717) is 6.54 Å². The van der Waals surface area contributed by atoms with Crippen LogP contribution in [0.4, 0.5) is 4.79 Å². The molecule has 0 heterocycles. The van der Waals surface area contributed by atoms with Gasteiger partial charge in [-0.1, -0.05) is 24.3 Å². The van der Waals surface area contributed by atoms with Crippen molar-refractivity contribution >= 4 is 6.03 Å². The number of methoxy groups -OCH3 is 1. The van der Waals surface area contributed by atoms with E-state index >= 15 is 0 Å². The Morgan fingerprint density at radius 3 is 2.35 bits per heavy atom. The molecule has 0 aliphatic heterocycles. The molecule has 4 nitrogen and oxygen atoms in total. The van der Waals surface area contributed by atoms with E-state index < -0.39 is 0 Å². The second-order valence-corrected chi connectivity index (χ2v) is 6.45. The van der Waals surface area contributed by atoms with Crippen molar-refractivity contribution in [3.63, 3.8) is 0 Å². The molecule has 1 aromatic rings. The van der Waals surface area contributed by atoms with Crippen LogP contribution in [-0.2, 0) is 17.6 Å². The number of benzene rings is 1. The Morgan fingerprint density at radius 1 is 1.30 bits per heavy atom. The van der Waals surface area contributed by atoms with Gasteiger partial charge in [-0.2, -0.15) is 0 Å². The van der Waals surface area contributed by atoms with Crippen molar-refractivity contribution < 1.29 is 9.53 Å². The Bertz CT molecular complexity index is 472. The van der Waals surface area contributed by atoms with Crippen LogP contribution < -0.4 is 10.6 Å². The summed E-state index contributed by atoms with van der Waals surface area (Å²) in [6, 6.07) is 8.23. The first kappa shape index (κ1) is 14.9. The molecule has 0 saturated heterocycles. The summed E-state index contributed by atoms with van der Waals surface area (Å²) in [5, 5.41) is 5.97. The minimum absolute atomic E-state index is 0.134. The normalized spacial score (nSPS) is 16.6. The van der Waals surface area contributed by atoms with Crippen molar-refractivity contribution in [2.24, 2.45) is 0 Å². The van der Waals surface area contributed by atoms with Gasteiger partial charge in [-0.25, -0.2) is 4.79 Å². The van der Waals surface area contributed by atoms with Gasteiger partial charge in [-0.15, -0.1) is 0 Å². The molecule has 0 spiro atoms. The third kappa shape index (κ3) is 3.51. The molecule has 1 aliphatic carbocycles. The third-order valence-electron chi connectivity index (χ3n) is 3.92. The predicted octanol–water partition coefficient (Wildman–Crippen LogP) is 2.27. The van der Waals surface area contributed by atoms with E-state index in [2.05, 4.69) is 29.7 Å². The summed E-state index contributed by atoms with van der Waals surface area (Å²) in [5.74, 6) is 0. The first-order valence-corrected chi connectivity index (χ1v) is 7.02. The molecule has 1 aromatic carbocycles. The van der Waals surface area contributed by atoms with Gasteiger partial charge in [0, 0.05) is 19.2 Å². The number of carbonyl (C=O) groups is 1. The molecule has 1 aliphatic rings. The second kappa shape index (κ2) is 5.44. The summed E-state index contributed by atoms with van der Waals surface area (Å²) in [5.41, 5.74) is 2.10. The molecule has 0 aromatic heterocycles. The fourth-order valence-corrected chi connectivity index (χ4v) is 2.58. The molecule has 110 valence electrons. The van der Waals surface area contributed by atoms with E-state index in [1.165, 1.54) is 11.1 Å². The van der Waals surface area contributed by atoms with Crippen LogP contribution in [0.25, 0.3) is 0 Å². The lowest BCUT2D eigenvalue weighted by molar-refractivity contribution is 0.0252. The van der Waals surface area contributed by atoms with E-state index in [-0.39, 0.29) is 17.2 Å². The lowest BCUT2D eigenvalue weighted by Gasteiger charge is -2.28. The van der Waals surface area contributed by atoms with Crippen LogP contribution in [0.5, 0.6) is 0 Å². The number of urea groups is 1. The van der Waals surface area contributed by atoms with Crippen LogP contribution in [0.1, 0.15) is 31.9 Å². The maximum absolute atomic E-state index is 12.0. The molecule has 20 heavy (non-hydrogen) atoms. The average molecular weight is 276 g/mol. The Labute approximate surface area is 120 Å². The van der Waals surface area contributed by atoms with Crippen LogP contribution >= 0.6 is 0 Å². The number of carbonyl (C=O) groups excluding carboxylic acids is 1. The SMILES string of the molecule is COC(C)(C)CNC(=O)NC1(C)Cc2ccccc2C1. The quantitative estimate of drug-likeness (QED) is 0.886. The zero-order chi connectivity index (χ0) is 14.8. The summed E-state index contributed by atoms with van der Waals surface area (Å²) in [6.07, 6.45) is 1.76. The van der Waals surface area contributed by atoms with Gasteiger partial charge in [-0.3, -0.25) is 0 Å². The lowest BCUT2D eigenvalue weighted by atomic mass is 9.99. The molecule has 2 N–H and O–H groups in total. The highest BCUT2D eigenvalue weighted by atomic mass is 16.5. The molecule has 4 heteroatoms. The van der Waals surface area contributed by atoms with Crippen LogP contribution in [0.2, 0.25) is 0 Å². The fourth-order valence-electron chi connectivity index (χ4n) is 2.58. The van der Waals surface area contributed by atoms with Gasteiger partial charge in [0.2, 0.25) is 0 Å². The Morgan fingerprint density at radius 2 is 1.85 bits per heavy atom.